The summed E-state index contributed by atoms with van der Waals surface area (Å²) in [4.78, 5) is 16.0. The van der Waals surface area contributed by atoms with E-state index in [1.54, 1.807) is 6.26 Å². The van der Waals surface area contributed by atoms with Crippen LogP contribution < -0.4 is 0 Å². The lowest BCUT2D eigenvalue weighted by Crippen LogP contribution is -2.39. The van der Waals surface area contributed by atoms with Crippen LogP contribution in [-0.2, 0) is 6.54 Å². The summed E-state index contributed by atoms with van der Waals surface area (Å²) in [6, 6.07) is 4.34. The monoisotopic (exact) mass is 351 g/mol. The van der Waals surface area contributed by atoms with Gasteiger partial charge in [-0.15, -0.1) is 0 Å². The molecule has 0 saturated carbocycles. The first-order valence-electron chi connectivity index (χ1n) is 9.32. The van der Waals surface area contributed by atoms with E-state index in [2.05, 4.69) is 44.5 Å². The van der Waals surface area contributed by atoms with Crippen molar-refractivity contribution in [3.8, 4) is 23.0 Å². The lowest BCUT2D eigenvalue weighted by Gasteiger charge is -2.34. The second-order valence-electron chi connectivity index (χ2n) is 7.25. The second kappa shape index (κ2) is 7.41. The SMILES string of the molecule is CC(C)N1CCC(Cn2ccnc2-c2cnc(-c3ccco3)nc2)CC1. The summed E-state index contributed by atoms with van der Waals surface area (Å²) >= 11 is 0. The number of hydrogen-bond donors (Lipinski definition) is 0. The van der Waals surface area contributed by atoms with E-state index >= 15 is 0 Å². The number of piperidine rings is 1. The molecule has 3 aromatic rings. The third-order valence-electron chi connectivity index (χ3n) is 5.20. The topological polar surface area (TPSA) is 60.0 Å². The van der Waals surface area contributed by atoms with Gasteiger partial charge in [-0.3, -0.25) is 0 Å². The van der Waals surface area contributed by atoms with E-state index in [0.717, 1.165) is 17.9 Å². The number of likely N-dealkylation sites (tertiary alicyclic amines) is 1. The molecule has 1 aliphatic heterocycles. The molecule has 4 rings (SSSR count). The standard InChI is InChI=1S/C20H25N5O/c1-15(2)24-8-5-16(6-9-24)14-25-10-7-21-20(25)17-12-22-19(23-13-17)18-4-3-11-26-18/h3-4,7,10-13,15-16H,5-6,8-9,14H2,1-2H3. The Kier molecular flexibility index (Phi) is 4.84. The molecule has 26 heavy (non-hydrogen) atoms. The first-order chi connectivity index (χ1) is 12.7. The molecule has 1 fully saturated rings. The Bertz CT molecular complexity index is 814. The van der Waals surface area contributed by atoms with E-state index in [1.165, 1.54) is 25.9 Å². The summed E-state index contributed by atoms with van der Waals surface area (Å²) < 4.78 is 7.59. The Balaban J connectivity index is 1.45. The van der Waals surface area contributed by atoms with Gasteiger partial charge in [0.2, 0.25) is 0 Å². The van der Waals surface area contributed by atoms with Crippen molar-refractivity contribution in [1.29, 1.82) is 0 Å². The van der Waals surface area contributed by atoms with Crippen LogP contribution in [-0.4, -0.2) is 43.6 Å². The van der Waals surface area contributed by atoms with E-state index in [0.29, 0.717) is 23.5 Å². The largest absolute Gasteiger partial charge is 0.461 e. The van der Waals surface area contributed by atoms with Gasteiger partial charge in [0.1, 0.15) is 5.82 Å². The van der Waals surface area contributed by atoms with Gasteiger partial charge in [-0.05, 0) is 57.8 Å². The fourth-order valence-corrected chi connectivity index (χ4v) is 3.62. The molecule has 1 aliphatic rings. The minimum atomic E-state index is 0.595. The molecule has 136 valence electrons. The molecule has 6 heteroatoms. The van der Waals surface area contributed by atoms with Crippen LogP contribution in [0.5, 0.6) is 0 Å². The average Bonchev–Trinajstić information content (AvgIpc) is 3.34. The zero-order valence-corrected chi connectivity index (χ0v) is 15.4. The van der Waals surface area contributed by atoms with Gasteiger partial charge in [0.15, 0.2) is 11.6 Å². The molecular formula is C20H25N5O. The molecular weight excluding hydrogens is 326 g/mol. The number of imidazole rings is 1. The smallest absolute Gasteiger partial charge is 0.195 e. The van der Waals surface area contributed by atoms with Crippen LogP contribution in [0.15, 0.2) is 47.6 Å². The third kappa shape index (κ3) is 3.55. The zero-order valence-electron chi connectivity index (χ0n) is 15.4. The van der Waals surface area contributed by atoms with Crippen molar-refractivity contribution in [2.45, 2.75) is 39.3 Å². The first-order valence-corrected chi connectivity index (χ1v) is 9.32. The lowest BCUT2D eigenvalue weighted by molar-refractivity contribution is 0.142. The molecule has 3 aromatic heterocycles. The van der Waals surface area contributed by atoms with E-state index in [9.17, 15) is 0 Å². The van der Waals surface area contributed by atoms with Crippen LogP contribution >= 0.6 is 0 Å². The van der Waals surface area contributed by atoms with Gasteiger partial charge in [-0.1, -0.05) is 0 Å². The minimum Gasteiger partial charge on any atom is -0.461 e. The predicted molar refractivity (Wildman–Crippen MR) is 100 cm³/mol. The summed E-state index contributed by atoms with van der Waals surface area (Å²) in [5.41, 5.74) is 0.935. The van der Waals surface area contributed by atoms with Gasteiger partial charge in [0, 0.05) is 37.4 Å². The summed E-state index contributed by atoms with van der Waals surface area (Å²) in [6.45, 7) is 7.93. The zero-order chi connectivity index (χ0) is 17.9. The summed E-state index contributed by atoms with van der Waals surface area (Å²) in [5.74, 6) is 2.90. The summed E-state index contributed by atoms with van der Waals surface area (Å²) in [6.07, 6.45) is 11.7. The van der Waals surface area contributed by atoms with Gasteiger partial charge in [-0.2, -0.15) is 0 Å². The van der Waals surface area contributed by atoms with Crippen LogP contribution in [0, 0.1) is 5.92 Å². The van der Waals surface area contributed by atoms with Crippen molar-refractivity contribution >= 4 is 0 Å². The van der Waals surface area contributed by atoms with Crippen molar-refractivity contribution < 1.29 is 4.42 Å². The van der Waals surface area contributed by atoms with Gasteiger partial charge in [0.25, 0.3) is 0 Å². The van der Waals surface area contributed by atoms with E-state index < -0.39 is 0 Å². The maximum Gasteiger partial charge on any atom is 0.195 e. The molecule has 0 atom stereocenters. The van der Waals surface area contributed by atoms with Gasteiger partial charge >= 0.3 is 0 Å². The second-order valence-corrected chi connectivity index (χ2v) is 7.25. The van der Waals surface area contributed by atoms with Gasteiger partial charge in [-0.25, -0.2) is 15.0 Å². The number of furan rings is 1. The summed E-state index contributed by atoms with van der Waals surface area (Å²) in [7, 11) is 0. The van der Waals surface area contributed by atoms with Gasteiger partial charge in [0.05, 0.1) is 11.8 Å². The van der Waals surface area contributed by atoms with Crippen molar-refractivity contribution in [2.75, 3.05) is 13.1 Å². The Labute approximate surface area is 153 Å². The van der Waals surface area contributed by atoms with Crippen LogP contribution in [0.25, 0.3) is 23.0 Å². The van der Waals surface area contributed by atoms with Crippen LogP contribution in [0.2, 0.25) is 0 Å². The molecule has 6 nitrogen and oxygen atoms in total. The highest BCUT2D eigenvalue weighted by Gasteiger charge is 2.22. The normalized spacial score (nSPS) is 16.4. The number of aromatic nitrogens is 4. The molecule has 0 aromatic carbocycles. The number of nitrogens with zero attached hydrogens (tertiary/aromatic N) is 5. The molecule has 0 N–H and O–H groups in total. The highest BCUT2D eigenvalue weighted by atomic mass is 16.3. The predicted octanol–water partition coefficient (Wildman–Crippen LogP) is 3.72. The van der Waals surface area contributed by atoms with Crippen molar-refractivity contribution in [3.63, 3.8) is 0 Å². The van der Waals surface area contributed by atoms with Crippen LogP contribution in [0.3, 0.4) is 0 Å². The van der Waals surface area contributed by atoms with Crippen LogP contribution in [0.1, 0.15) is 26.7 Å². The fourth-order valence-electron chi connectivity index (χ4n) is 3.62. The molecule has 0 aliphatic carbocycles. The van der Waals surface area contributed by atoms with Crippen molar-refractivity contribution in [1.82, 2.24) is 24.4 Å². The molecule has 0 spiro atoms. The van der Waals surface area contributed by atoms with Crippen molar-refractivity contribution in [3.05, 3.63) is 43.2 Å². The molecule has 0 bridgehead atoms. The fraction of sp³-hybridized carbons (Fsp3) is 0.450. The van der Waals surface area contributed by atoms with Crippen LogP contribution in [0.4, 0.5) is 0 Å². The molecule has 0 amide bonds. The number of hydrogen-bond acceptors (Lipinski definition) is 5. The van der Waals surface area contributed by atoms with E-state index in [-0.39, 0.29) is 0 Å². The number of rotatable bonds is 5. The highest BCUT2D eigenvalue weighted by molar-refractivity contribution is 5.55. The molecule has 0 radical (unpaired) electrons. The average molecular weight is 351 g/mol. The van der Waals surface area contributed by atoms with E-state index in [4.69, 9.17) is 4.42 Å². The highest BCUT2D eigenvalue weighted by Crippen LogP contribution is 2.24. The first kappa shape index (κ1) is 17.0. The maximum absolute atomic E-state index is 5.35. The quantitative estimate of drug-likeness (QED) is 0.701. The Morgan fingerprint density at radius 1 is 1.15 bits per heavy atom. The third-order valence-corrected chi connectivity index (χ3v) is 5.20. The van der Waals surface area contributed by atoms with Crippen molar-refractivity contribution in [2.24, 2.45) is 5.92 Å². The Hall–Kier alpha value is -2.47. The molecule has 0 unspecified atom stereocenters. The maximum atomic E-state index is 5.35. The lowest BCUT2D eigenvalue weighted by atomic mass is 9.96. The summed E-state index contributed by atoms with van der Waals surface area (Å²) in [5, 5.41) is 0. The molecule has 4 heterocycles. The Morgan fingerprint density at radius 2 is 1.92 bits per heavy atom. The Morgan fingerprint density at radius 3 is 2.58 bits per heavy atom. The van der Waals surface area contributed by atoms with Gasteiger partial charge < -0.3 is 13.9 Å². The molecule has 1 saturated heterocycles. The van der Waals surface area contributed by atoms with E-state index in [1.807, 2.05) is 30.7 Å². The minimum absolute atomic E-state index is 0.595.